The van der Waals surface area contributed by atoms with E-state index in [2.05, 4.69) is 32.3 Å². The predicted molar refractivity (Wildman–Crippen MR) is 210 cm³/mol. The Morgan fingerprint density at radius 1 is 1.00 bits per heavy atom. The summed E-state index contributed by atoms with van der Waals surface area (Å²) in [7, 11) is 1.35. The molecule has 0 radical (unpaired) electrons. The topological polar surface area (TPSA) is 137 Å². The minimum atomic E-state index is -4.83. The van der Waals surface area contributed by atoms with E-state index in [4.69, 9.17) is 13.9 Å². The van der Waals surface area contributed by atoms with Gasteiger partial charge in [0.05, 0.1) is 24.3 Å². The van der Waals surface area contributed by atoms with Crippen LogP contribution in [0.15, 0.2) is 52.9 Å². The first-order valence-corrected chi connectivity index (χ1v) is 20.3. The molecule has 3 aromatic carbocycles. The molecule has 1 amide bonds. The molecular weight excluding hydrogens is 762 g/mol. The van der Waals surface area contributed by atoms with Crippen LogP contribution in [0.4, 0.5) is 13.2 Å². The number of hydrogen-bond donors (Lipinski definition) is 2. The van der Waals surface area contributed by atoms with Gasteiger partial charge in [-0.1, -0.05) is 36.4 Å². The van der Waals surface area contributed by atoms with Crippen LogP contribution >= 0.6 is 0 Å². The molecule has 3 atom stereocenters. The van der Waals surface area contributed by atoms with Crippen molar-refractivity contribution in [3.8, 4) is 40.3 Å². The number of nitriles is 1. The number of benzene rings is 3. The van der Waals surface area contributed by atoms with E-state index in [1.165, 1.54) is 7.11 Å². The number of ether oxygens (including phenoxy) is 2. The highest BCUT2D eigenvalue weighted by Gasteiger charge is 2.48. The largest absolute Gasteiger partial charge is 0.480 e. The number of aliphatic hydroxyl groups is 1. The lowest BCUT2D eigenvalue weighted by atomic mass is 9.88. The Balaban J connectivity index is 0.937. The van der Waals surface area contributed by atoms with Gasteiger partial charge in [-0.05, 0) is 96.5 Å². The summed E-state index contributed by atoms with van der Waals surface area (Å²) < 4.78 is 61.9. The zero-order valence-corrected chi connectivity index (χ0v) is 32.8. The maximum atomic E-state index is 14.6. The number of rotatable bonds is 8. The first-order chi connectivity index (χ1) is 28.4. The Morgan fingerprint density at radius 2 is 1.78 bits per heavy atom. The zero-order valence-electron chi connectivity index (χ0n) is 32.8. The van der Waals surface area contributed by atoms with Crippen LogP contribution < -0.4 is 14.8 Å². The van der Waals surface area contributed by atoms with E-state index >= 15 is 0 Å². The third kappa shape index (κ3) is 6.42. The van der Waals surface area contributed by atoms with Crippen molar-refractivity contribution < 1.29 is 37.0 Å². The Labute approximate surface area is 338 Å². The highest BCUT2D eigenvalue weighted by Crippen LogP contribution is 2.47. The molecule has 14 heteroatoms. The monoisotopic (exact) mass is 804 g/mol. The summed E-state index contributed by atoms with van der Waals surface area (Å²) in [4.78, 5) is 24.3. The number of carbonyl (C=O) groups excluding carboxylic acids is 1. The molecule has 3 aliphatic heterocycles. The number of nitrogens with one attached hydrogen (secondary N) is 1. The van der Waals surface area contributed by atoms with Gasteiger partial charge in [0.25, 0.3) is 0 Å². The van der Waals surface area contributed by atoms with E-state index in [1.807, 2.05) is 54.3 Å². The molecule has 2 aliphatic carbocycles. The Morgan fingerprint density at radius 3 is 2.51 bits per heavy atom. The summed E-state index contributed by atoms with van der Waals surface area (Å²) in [5.74, 6) is -0.0224. The fourth-order valence-electron chi connectivity index (χ4n) is 10.4. The van der Waals surface area contributed by atoms with Crippen LogP contribution in [0.1, 0.15) is 89.0 Å². The summed E-state index contributed by atoms with van der Waals surface area (Å²) in [5.41, 5.74) is 7.37. The summed E-state index contributed by atoms with van der Waals surface area (Å²) in [6, 6.07) is 18.6. The van der Waals surface area contributed by atoms with Crippen molar-refractivity contribution in [3.05, 3.63) is 93.3 Å². The van der Waals surface area contributed by atoms with Crippen LogP contribution in [-0.4, -0.2) is 75.7 Å². The second-order valence-corrected chi connectivity index (χ2v) is 16.8. The number of carbonyl (C=O) groups is 1. The number of halogens is 3. The highest BCUT2D eigenvalue weighted by atomic mass is 19.4. The van der Waals surface area contributed by atoms with Gasteiger partial charge in [-0.15, -0.1) is 0 Å². The first kappa shape index (κ1) is 37.8. The average molecular weight is 805 g/mol. The smallest absolute Gasteiger partial charge is 0.438 e. The number of likely N-dealkylation sites (tertiary alicyclic amines) is 2. The molecule has 3 saturated heterocycles. The number of aromatic nitrogens is 2. The Hall–Kier alpha value is -5.49. The van der Waals surface area contributed by atoms with Gasteiger partial charge in [-0.3, -0.25) is 14.6 Å². The standard InChI is InChI=1S/C45H43F3N6O5/c1-24-27(5-3-6-28(24)38-18-25-17-33-31(34(19-49)40(25)58-38)9-11-36(33)54-16-14-26(55)20-54)29-7-4-8-32-30(29)10-12-37(32)59-43-41(45(46,47)48)50-35(42(51-43)57-2)21-53-22-44(23-53)15-13-39(56)52-44/h3-8,17-18,26,36-37,55H,9-16,20-23H2,1-2H3,(H,52,56)/t26-,36-,37+/m1/s1. The van der Waals surface area contributed by atoms with Gasteiger partial charge in [0.15, 0.2) is 5.58 Å². The average Bonchev–Trinajstić information content (AvgIpc) is 4.05. The summed E-state index contributed by atoms with van der Waals surface area (Å²) in [5, 5.41) is 24.4. The normalized spacial score (nSPS) is 22.4. The number of methoxy groups -OCH3 is 1. The highest BCUT2D eigenvalue weighted by molar-refractivity contribution is 5.91. The molecule has 304 valence electrons. The third-order valence-electron chi connectivity index (χ3n) is 13.1. The van der Waals surface area contributed by atoms with Crippen LogP contribution in [0.2, 0.25) is 0 Å². The van der Waals surface area contributed by atoms with Gasteiger partial charge in [-0.25, -0.2) is 4.98 Å². The van der Waals surface area contributed by atoms with E-state index in [0.717, 1.165) is 75.7 Å². The number of furan rings is 1. The van der Waals surface area contributed by atoms with Crippen molar-refractivity contribution >= 4 is 16.9 Å². The molecule has 1 spiro atoms. The maximum absolute atomic E-state index is 14.6. The summed E-state index contributed by atoms with van der Waals surface area (Å²) >= 11 is 0. The van der Waals surface area contributed by atoms with Gasteiger partial charge in [0, 0.05) is 56.1 Å². The van der Waals surface area contributed by atoms with Gasteiger partial charge in [-0.2, -0.15) is 23.4 Å². The number of hydrogen-bond acceptors (Lipinski definition) is 10. The molecule has 59 heavy (non-hydrogen) atoms. The Bertz CT molecular complexity index is 2580. The van der Waals surface area contributed by atoms with Crippen molar-refractivity contribution in [1.82, 2.24) is 25.1 Å². The third-order valence-corrected chi connectivity index (χ3v) is 13.1. The van der Waals surface area contributed by atoms with Crippen molar-refractivity contribution in [2.75, 3.05) is 33.3 Å². The van der Waals surface area contributed by atoms with E-state index < -0.39 is 23.9 Å². The van der Waals surface area contributed by atoms with Crippen LogP contribution in [0, 0.1) is 18.3 Å². The van der Waals surface area contributed by atoms with Crippen molar-refractivity contribution in [2.24, 2.45) is 0 Å². The number of fused-ring (bicyclic) bond motifs is 3. The zero-order chi connectivity index (χ0) is 40.8. The van der Waals surface area contributed by atoms with Crippen LogP contribution in [0.25, 0.3) is 33.4 Å². The quantitative estimate of drug-likeness (QED) is 0.164. The van der Waals surface area contributed by atoms with Crippen molar-refractivity contribution in [2.45, 2.75) is 88.4 Å². The molecule has 0 saturated carbocycles. The molecule has 10 rings (SSSR count). The molecule has 5 heterocycles. The SMILES string of the molecule is COc1nc(O[C@H]2CCc3c(-c4cccc(-c5cc6cc7c(c(C#N)c6o5)CC[C@H]7N5CC[C@@H](O)C5)c4C)cccc32)c(C(F)(F)F)nc1CN1CC2(CCC(=O)N2)C1. The molecule has 0 bridgehead atoms. The predicted octanol–water partition coefficient (Wildman–Crippen LogP) is 7.35. The van der Waals surface area contributed by atoms with Gasteiger partial charge >= 0.3 is 6.18 Å². The molecule has 5 aliphatic rings. The Kier molecular flexibility index (Phi) is 9.00. The van der Waals surface area contributed by atoms with E-state index in [1.54, 1.807) is 0 Å². The van der Waals surface area contributed by atoms with E-state index in [-0.39, 0.29) is 41.7 Å². The fourth-order valence-corrected chi connectivity index (χ4v) is 10.4. The molecule has 2 N–H and O–H groups in total. The van der Waals surface area contributed by atoms with Crippen LogP contribution in [-0.2, 0) is 30.4 Å². The van der Waals surface area contributed by atoms with Gasteiger partial charge in [0.2, 0.25) is 23.4 Å². The number of β-amino-alcohol motifs (C(OH)–C–C–N with tert-alkyl or cyclic N) is 1. The fraction of sp³-hybridized carbons (Fsp3) is 0.422. The molecular formula is C45H43F3N6O5. The molecule has 11 nitrogen and oxygen atoms in total. The van der Waals surface area contributed by atoms with Crippen LogP contribution in [0.5, 0.6) is 11.8 Å². The van der Waals surface area contributed by atoms with Crippen molar-refractivity contribution in [3.63, 3.8) is 0 Å². The molecule has 0 unspecified atom stereocenters. The van der Waals surface area contributed by atoms with Gasteiger partial charge < -0.3 is 24.3 Å². The number of amides is 1. The minimum Gasteiger partial charge on any atom is -0.480 e. The lowest BCUT2D eigenvalue weighted by molar-refractivity contribution is -0.143. The maximum Gasteiger partial charge on any atom is 0.438 e. The molecule has 3 fully saturated rings. The van der Waals surface area contributed by atoms with E-state index in [0.29, 0.717) is 62.2 Å². The lowest BCUT2D eigenvalue weighted by Crippen LogP contribution is -2.66. The van der Waals surface area contributed by atoms with E-state index in [9.17, 15) is 28.3 Å². The van der Waals surface area contributed by atoms with Crippen LogP contribution in [0.3, 0.4) is 0 Å². The molecule has 2 aromatic heterocycles. The lowest BCUT2D eigenvalue weighted by Gasteiger charge is -2.47. The number of nitrogens with zero attached hydrogens (tertiary/aromatic N) is 5. The second kappa shape index (κ2) is 14.1. The number of aliphatic hydroxyl groups excluding tert-OH is 1. The molecule has 5 aromatic rings. The van der Waals surface area contributed by atoms with Gasteiger partial charge in [0.1, 0.15) is 23.6 Å². The number of alkyl halides is 3. The summed E-state index contributed by atoms with van der Waals surface area (Å²) in [6.45, 7) is 4.62. The minimum absolute atomic E-state index is 0.0111. The summed E-state index contributed by atoms with van der Waals surface area (Å²) in [6.07, 6.45) is -1.25. The van der Waals surface area contributed by atoms with Crippen molar-refractivity contribution in [1.29, 1.82) is 5.26 Å². The second-order valence-electron chi connectivity index (χ2n) is 16.8. The first-order valence-electron chi connectivity index (χ1n) is 20.3.